The Morgan fingerprint density at radius 1 is 1.00 bits per heavy atom. The van der Waals surface area contributed by atoms with Gasteiger partial charge < -0.3 is 10.3 Å². The molecule has 0 unspecified atom stereocenters. The maximum atomic E-state index is 11.8. The van der Waals surface area contributed by atoms with Crippen molar-refractivity contribution in [2.24, 2.45) is 0 Å². The number of benzene rings is 1. The minimum Gasteiger partial charge on any atom is -0.325 e. The van der Waals surface area contributed by atoms with Gasteiger partial charge in [-0.1, -0.05) is 30.7 Å². The number of hydrogen-bond acceptors (Lipinski definition) is 6. The van der Waals surface area contributed by atoms with E-state index in [4.69, 9.17) is 16.6 Å². The van der Waals surface area contributed by atoms with Crippen molar-refractivity contribution in [1.82, 2.24) is 35.1 Å². The van der Waals surface area contributed by atoms with E-state index in [1.54, 1.807) is 31.7 Å². The molecule has 0 bridgehead atoms. The van der Waals surface area contributed by atoms with Crippen LogP contribution in [0.1, 0.15) is 13.3 Å². The number of fused-ring (bicyclic) bond motifs is 2. The number of carbonyl (C=O) groups excluding carboxylic acids is 1. The maximum absolute atomic E-state index is 11.8. The summed E-state index contributed by atoms with van der Waals surface area (Å²) in [5, 5.41) is 11.7. The highest BCUT2D eigenvalue weighted by molar-refractivity contribution is 6.30. The van der Waals surface area contributed by atoms with E-state index in [0.29, 0.717) is 39.9 Å². The van der Waals surface area contributed by atoms with Crippen LogP contribution >= 0.6 is 11.6 Å². The van der Waals surface area contributed by atoms with Crippen LogP contribution in [0.25, 0.3) is 56.0 Å². The molecule has 0 fully saturated rings. The van der Waals surface area contributed by atoms with Crippen molar-refractivity contribution in [2.45, 2.75) is 13.3 Å². The lowest BCUT2D eigenvalue weighted by Crippen LogP contribution is -2.09. The van der Waals surface area contributed by atoms with Gasteiger partial charge in [-0.15, -0.1) is 0 Å². The van der Waals surface area contributed by atoms with Crippen LogP contribution in [-0.4, -0.2) is 41.0 Å². The molecule has 0 saturated carbocycles. The highest BCUT2D eigenvalue weighted by Gasteiger charge is 2.17. The smallest absolute Gasteiger partial charge is 0.224 e. The van der Waals surface area contributed by atoms with E-state index in [1.807, 2.05) is 42.5 Å². The highest BCUT2D eigenvalue weighted by Crippen LogP contribution is 2.32. The topological polar surface area (TPSA) is 125 Å². The predicted molar refractivity (Wildman–Crippen MR) is 139 cm³/mol. The predicted octanol–water partition coefficient (Wildman–Crippen LogP) is 5.63. The second-order valence-corrected chi connectivity index (χ2v) is 8.64. The number of anilines is 1. The summed E-state index contributed by atoms with van der Waals surface area (Å²) in [6.07, 6.45) is 7.21. The molecule has 0 radical (unpaired) electrons. The average molecular weight is 495 g/mol. The first-order valence-corrected chi connectivity index (χ1v) is 11.7. The van der Waals surface area contributed by atoms with Gasteiger partial charge in [-0.2, -0.15) is 5.10 Å². The Morgan fingerprint density at radius 3 is 2.75 bits per heavy atom. The third-order valence-corrected chi connectivity index (χ3v) is 6.07. The first-order valence-electron chi connectivity index (χ1n) is 11.3. The van der Waals surface area contributed by atoms with Gasteiger partial charge in [-0.05, 0) is 35.9 Å². The molecule has 5 aromatic heterocycles. The summed E-state index contributed by atoms with van der Waals surface area (Å²) in [6.45, 7) is 1.80. The van der Waals surface area contributed by atoms with E-state index < -0.39 is 0 Å². The van der Waals surface area contributed by atoms with Crippen molar-refractivity contribution in [1.29, 1.82) is 0 Å². The Hall–Kier alpha value is -4.63. The average Bonchev–Trinajstić information content (AvgIpc) is 3.52. The summed E-state index contributed by atoms with van der Waals surface area (Å²) in [7, 11) is 0. The largest absolute Gasteiger partial charge is 0.325 e. The van der Waals surface area contributed by atoms with Gasteiger partial charge in [-0.3, -0.25) is 14.9 Å². The van der Waals surface area contributed by atoms with Crippen molar-refractivity contribution < 1.29 is 4.79 Å². The van der Waals surface area contributed by atoms with Gasteiger partial charge in [0.2, 0.25) is 5.91 Å². The number of aromatic nitrogens is 7. The summed E-state index contributed by atoms with van der Waals surface area (Å²) in [4.78, 5) is 33.2. The van der Waals surface area contributed by atoms with Gasteiger partial charge in [0.05, 0.1) is 17.3 Å². The molecular formula is C26H19ClN8O. The van der Waals surface area contributed by atoms with Crippen LogP contribution in [0.3, 0.4) is 0 Å². The number of carbonyl (C=O) groups is 1. The molecule has 0 aliphatic rings. The highest BCUT2D eigenvalue weighted by atomic mass is 35.5. The zero-order chi connectivity index (χ0) is 24.6. The molecule has 3 N–H and O–H groups in total. The lowest BCUT2D eigenvalue weighted by Gasteiger charge is -2.06. The van der Waals surface area contributed by atoms with Gasteiger partial charge >= 0.3 is 0 Å². The molecule has 5 heterocycles. The second kappa shape index (κ2) is 8.86. The first-order chi connectivity index (χ1) is 17.6. The van der Waals surface area contributed by atoms with Crippen LogP contribution in [0.4, 0.5) is 5.69 Å². The van der Waals surface area contributed by atoms with Crippen molar-refractivity contribution in [3.8, 4) is 33.8 Å². The van der Waals surface area contributed by atoms with Crippen molar-refractivity contribution in [2.75, 3.05) is 5.32 Å². The van der Waals surface area contributed by atoms with Crippen LogP contribution in [0, 0.1) is 0 Å². The summed E-state index contributed by atoms with van der Waals surface area (Å²) in [5.41, 5.74) is 6.76. The molecule has 1 aromatic carbocycles. The molecule has 36 heavy (non-hydrogen) atoms. The van der Waals surface area contributed by atoms with Crippen LogP contribution in [-0.2, 0) is 4.79 Å². The lowest BCUT2D eigenvalue weighted by molar-refractivity contribution is -0.115. The molecule has 6 aromatic rings. The van der Waals surface area contributed by atoms with Crippen LogP contribution in [0.5, 0.6) is 0 Å². The van der Waals surface area contributed by atoms with Crippen molar-refractivity contribution >= 4 is 45.4 Å². The molecule has 10 heteroatoms. The molecule has 176 valence electrons. The number of halogens is 1. The van der Waals surface area contributed by atoms with E-state index in [1.165, 1.54) is 0 Å². The van der Waals surface area contributed by atoms with Gasteiger partial charge in [0.25, 0.3) is 0 Å². The van der Waals surface area contributed by atoms with E-state index in [2.05, 4.69) is 35.5 Å². The fourth-order valence-electron chi connectivity index (χ4n) is 4.07. The number of H-pyrrole nitrogens is 2. The van der Waals surface area contributed by atoms with Gasteiger partial charge in [0.1, 0.15) is 11.2 Å². The summed E-state index contributed by atoms with van der Waals surface area (Å²) in [5.74, 6) is 0.495. The van der Waals surface area contributed by atoms with E-state index in [0.717, 1.165) is 33.2 Å². The molecule has 0 spiro atoms. The molecule has 0 atom stereocenters. The normalized spacial score (nSPS) is 11.3. The van der Waals surface area contributed by atoms with E-state index in [9.17, 15) is 4.79 Å². The summed E-state index contributed by atoms with van der Waals surface area (Å²) >= 11 is 6.21. The molecular weight excluding hydrogens is 476 g/mol. The SMILES string of the molecule is CCC(=O)Nc1cncc(-c2cnc3[nH]nc(-c4nc5c(-c6cccc(Cl)c6)ccnc5[nH]4)c3c2)c1. The van der Waals surface area contributed by atoms with Gasteiger partial charge in [-0.25, -0.2) is 15.0 Å². The quantitative estimate of drug-likeness (QED) is 0.285. The number of rotatable bonds is 5. The minimum absolute atomic E-state index is 0.0738. The van der Waals surface area contributed by atoms with Crippen LogP contribution in [0.15, 0.2) is 67.3 Å². The zero-order valence-electron chi connectivity index (χ0n) is 19.1. The Bertz CT molecular complexity index is 1760. The fourth-order valence-corrected chi connectivity index (χ4v) is 4.26. The Morgan fingerprint density at radius 2 is 1.89 bits per heavy atom. The standard InChI is InChI=1S/C26H19ClN8O/c1-2-21(36)31-18-9-15(11-28-13-18)16-10-20-23(34-35-24(20)30-12-16)26-32-22-19(6-7-29-25(22)33-26)14-4-3-5-17(27)8-14/h3-13H,2H2,1H3,(H,31,36)(H,29,32,33)(H,30,34,35). The van der Waals surface area contributed by atoms with Crippen molar-refractivity contribution in [3.05, 3.63) is 72.3 Å². The lowest BCUT2D eigenvalue weighted by atomic mass is 10.1. The number of hydrogen-bond donors (Lipinski definition) is 3. The molecule has 0 aliphatic carbocycles. The number of amides is 1. The monoisotopic (exact) mass is 494 g/mol. The van der Waals surface area contributed by atoms with Gasteiger partial charge in [0, 0.05) is 46.7 Å². The van der Waals surface area contributed by atoms with Crippen LogP contribution < -0.4 is 5.32 Å². The Kier molecular flexibility index (Phi) is 5.38. The number of pyridine rings is 3. The van der Waals surface area contributed by atoms with Crippen LogP contribution in [0.2, 0.25) is 5.02 Å². The second-order valence-electron chi connectivity index (χ2n) is 8.21. The number of imidazole rings is 1. The Labute approximate surface area is 210 Å². The molecule has 6 rings (SSSR count). The van der Waals surface area contributed by atoms with E-state index >= 15 is 0 Å². The third-order valence-electron chi connectivity index (χ3n) is 5.84. The Balaban J connectivity index is 1.43. The molecule has 0 saturated heterocycles. The summed E-state index contributed by atoms with van der Waals surface area (Å²) in [6, 6.07) is 13.4. The number of aromatic amines is 2. The fraction of sp³-hybridized carbons (Fsp3) is 0.0769. The first kappa shape index (κ1) is 21.9. The molecule has 9 nitrogen and oxygen atoms in total. The third kappa shape index (κ3) is 3.95. The minimum atomic E-state index is -0.0738. The molecule has 1 amide bonds. The number of nitrogens with one attached hydrogen (secondary N) is 3. The van der Waals surface area contributed by atoms with Crippen molar-refractivity contribution in [3.63, 3.8) is 0 Å². The molecule has 0 aliphatic heterocycles. The van der Waals surface area contributed by atoms with Gasteiger partial charge in [0.15, 0.2) is 17.1 Å². The maximum Gasteiger partial charge on any atom is 0.224 e. The zero-order valence-corrected chi connectivity index (χ0v) is 19.8. The summed E-state index contributed by atoms with van der Waals surface area (Å²) < 4.78 is 0. The number of nitrogens with zero attached hydrogens (tertiary/aromatic N) is 5. The van der Waals surface area contributed by atoms with E-state index in [-0.39, 0.29) is 5.91 Å².